The molecule has 0 spiro atoms. The van der Waals surface area contributed by atoms with E-state index in [9.17, 15) is 4.79 Å². The van der Waals surface area contributed by atoms with Crippen molar-refractivity contribution in [1.29, 1.82) is 0 Å². The highest BCUT2D eigenvalue weighted by Crippen LogP contribution is 2.28. The van der Waals surface area contributed by atoms with E-state index in [0.29, 0.717) is 6.04 Å². The normalized spacial score (nSPS) is 22.0. The van der Waals surface area contributed by atoms with Crippen LogP contribution in [0.25, 0.3) is 0 Å². The summed E-state index contributed by atoms with van der Waals surface area (Å²) in [6.45, 7) is 9.46. The first-order valence-corrected chi connectivity index (χ1v) is 10.4. The molecule has 1 aliphatic heterocycles. The highest BCUT2D eigenvalue weighted by Gasteiger charge is 2.27. The van der Waals surface area contributed by atoms with Crippen LogP contribution in [0.2, 0.25) is 0 Å². The van der Waals surface area contributed by atoms with Gasteiger partial charge in [0.2, 0.25) is 5.91 Å². The van der Waals surface area contributed by atoms with E-state index in [4.69, 9.17) is 4.99 Å². The summed E-state index contributed by atoms with van der Waals surface area (Å²) in [5, 5.41) is 6.86. The molecule has 5 nitrogen and oxygen atoms in total. The van der Waals surface area contributed by atoms with Gasteiger partial charge in [0.05, 0.1) is 0 Å². The number of hydrogen-bond donors (Lipinski definition) is 2. The lowest BCUT2D eigenvalue weighted by Crippen LogP contribution is -2.45. The van der Waals surface area contributed by atoms with Crippen molar-refractivity contribution in [2.45, 2.75) is 78.2 Å². The minimum absolute atomic E-state index is 0.0838. The largest absolute Gasteiger partial charge is 0.357 e. The fraction of sp³-hybridized carbons (Fsp3) is 0.900. The molecule has 2 aliphatic rings. The van der Waals surface area contributed by atoms with Crippen LogP contribution in [0.15, 0.2) is 4.99 Å². The standard InChI is InChI=1S/C20H38N4O/c1-4-21-20(22-13-8-7-11-17-9-5-6-10-17)23-18-12-14-24(15-18)19(25)16(2)3/h16-18H,4-15H2,1-3H3,(H2,21,22,23). The highest BCUT2D eigenvalue weighted by molar-refractivity contribution is 5.81. The maximum atomic E-state index is 12.1. The Morgan fingerprint density at radius 3 is 2.64 bits per heavy atom. The average molecular weight is 351 g/mol. The summed E-state index contributed by atoms with van der Waals surface area (Å²) >= 11 is 0. The van der Waals surface area contributed by atoms with E-state index in [1.54, 1.807) is 0 Å². The molecule has 0 aromatic heterocycles. The lowest BCUT2D eigenvalue weighted by molar-refractivity contribution is -0.133. The number of carbonyl (C=O) groups excluding carboxylic acids is 1. The first-order valence-electron chi connectivity index (χ1n) is 10.4. The van der Waals surface area contributed by atoms with Crippen molar-refractivity contribution >= 4 is 11.9 Å². The molecule has 2 N–H and O–H groups in total. The second-order valence-corrected chi connectivity index (χ2v) is 7.98. The molecule has 1 saturated heterocycles. The van der Waals surface area contributed by atoms with Gasteiger partial charge in [-0.15, -0.1) is 0 Å². The summed E-state index contributed by atoms with van der Waals surface area (Å²) in [6, 6.07) is 0.319. The lowest BCUT2D eigenvalue weighted by atomic mass is 10.0. The number of carbonyl (C=O) groups is 1. The molecular formula is C20H38N4O. The Hall–Kier alpha value is -1.26. The Bertz CT molecular complexity index is 429. The SMILES string of the molecule is CCNC(=NCCCCC1CCCC1)NC1CCN(C(=O)C(C)C)C1. The topological polar surface area (TPSA) is 56.7 Å². The third kappa shape index (κ3) is 6.87. The van der Waals surface area contributed by atoms with E-state index >= 15 is 0 Å². The van der Waals surface area contributed by atoms with Gasteiger partial charge in [0, 0.05) is 38.1 Å². The Morgan fingerprint density at radius 2 is 1.96 bits per heavy atom. The third-order valence-electron chi connectivity index (χ3n) is 5.44. The molecule has 0 aromatic carbocycles. The molecule has 1 unspecified atom stereocenters. The smallest absolute Gasteiger partial charge is 0.225 e. The number of hydrogen-bond acceptors (Lipinski definition) is 2. The van der Waals surface area contributed by atoms with Crippen LogP contribution < -0.4 is 10.6 Å². The van der Waals surface area contributed by atoms with Crippen LogP contribution in [0.4, 0.5) is 0 Å². The van der Waals surface area contributed by atoms with E-state index < -0.39 is 0 Å². The van der Waals surface area contributed by atoms with Gasteiger partial charge in [-0.25, -0.2) is 0 Å². The maximum Gasteiger partial charge on any atom is 0.225 e. The van der Waals surface area contributed by atoms with Crippen molar-refractivity contribution in [2.75, 3.05) is 26.2 Å². The summed E-state index contributed by atoms with van der Waals surface area (Å²) in [4.78, 5) is 18.8. The summed E-state index contributed by atoms with van der Waals surface area (Å²) in [5.74, 6) is 2.24. The monoisotopic (exact) mass is 350 g/mol. The first-order chi connectivity index (χ1) is 12.1. The van der Waals surface area contributed by atoms with Gasteiger partial charge in [0.25, 0.3) is 0 Å². The van der Waals surface area contributed by atoms with Crippen molar-refractivity contribution in [2.24, 2.45) is 16.8 Å². The number of rotatable bonds is 8. The van der Waals surface area contributed by atoms with Crippen LogP contribution in [0.5, 0.6) is 0 Å². The molecule has 5 heteroatoms. The zero-order valence-electron chi connectivity index (χ0n) is 16.5. The second-order valence-electron chi connectivity index (χ2n) is 7.98. The van der Waals surface area contributed by atoms with Gasteiger partial charge in [-0.1, -0.05) is 52.4 Å². The van der Waals surface area contributed by atoms with Gasteiger partial charge in [-0.2, -0.15) is 0 Å². The van der Waals surface area contributed by atoms with Crippen LogP contribution in [0, 0.1) is 11.8 Å². The number of nitrogens with zero attached hydrogens (tertiary/aromatic N) is 2. The third-order valence-corrected chi connectivity index (χ3v) is 5.44. The van der Waals surface area contributed by atoms with E-state index in [-0.39, 0.29) is 11.8 Å². The molecule has 25 heavy (non-hydrogen) atoms. The summed E-state index contributed by atoms with van der Waals surface area (Å²) in [5.41, 5.74) is 0. The molecule has 1 heterocycles. The molecular weight excluding hydrogens is 312 g/mol. The van der Waals surface area contributed by atoms with Gasteiger partial charge in [0.15, 0.2) is 5.96 Å². The van der Waals surface area contributed by atoms with Gasteiger partial charge < -0.3 is 15.5 Å². The van der Waals surface area contributed by atoms with Crippen molar-refractivity contribution in [3.05, 3.63) is 0 Å². The van der Waals surface area contributed by atoms with E-state index in [1.807, 2.05) is 18.7 Å². The molecule has 1 aliphatic carbocycles. The maximum absolute atomic E-state index is 12.1. The fourth-order valence-electron chi connectivity index (χ4n) is 3.99. The van der Waals surface area contributed by atoms with Crippen LogP contribution in [0.1, 0.15) is 72.1 Å². The Labute approximate surface area is 154 Å². The Kier molecular flexibility index (Phi) is 8.56. The molecule has 1 saturated carbocycles. The fourth-order valence-corrected chi connectivity index (χ4v) is 3.99. The van der Waals surface area contributed by atoms with Crippen molar-refractivity contribution in [3.8, 4) is 0 Å². The van der Waals surface area contributed by atoms with Gasteiger partial charge in [0.1, 0.15) is 0 Å². The number of unbranched alkanes of at least 4 members (excludes halogenated alkanes) is 1. The molecule has 2 fully saturated rings. The van der Waals surface area contributed by atoms with Crippen LogP contribution in [-0.4, -0.2) is 49.0 Å². The van der Waals surface area contributed by atoms with E-state index in [2.05, 4.69) is 17.6 Å². The predicted octanol–water partition coefficient (Wildman–Crippen LogP) is 3.16. The summed E-state index contributed by atoms with van der Waals surface area (Å²) < 4.78 is 0. The highest BCUT2D eigenvalue weighted by atomic mass is 16.2. The predicted molar refractivity (Wildman–Crippen MR) is 105 cm³/mol. The molecule has 144 valence electrons. The molecule has 0 radical (unpaired) electrons. The number of aliphatic imine (C=N–C) groups is 1. The summed E-state index contributed by atoms with van der Waals surface area (Å²) in [6.07, 6.45) is 10.6. The van der Waals surface area contributed by atoms with Gasteiger partial charge in [-0.05, 0) is 25.7 Å². The lowest BCUT2D eigenvalue weighted by Gasteiger charge is -2.20. The van der Waals surface area contributed by atoms with E-state index in [0.717, 1.165) is 44.5 Å². The zero-order chi connectivity index (χ0) is 18.1. The minimum atomic E-state index is 0.0838. The van der Waals surface area contributed by atoms with Crippen molar-refractivity contribution in [1.82, 2.24) is 15.5 Å². The van der Waals surface area contributed by atoms with Crippen molar-refractivity contribution < 1.29 is 4.79 Å². The number of likely N-dealkylation sites (tertiary alicyclic amines) is 1. The Balaban J connectivity index is 1.69. The van der Waals surface area contributed by atoms with E-state index in [1.165, 1.54) is 44.9 Å². The second kappa shape index (κ2) is 10.7. The molecule has 2 rings (SSSR count). The number of guanidine groups is 1. The first kappa shape index (κ1) is 20.1. The van der Waals surface area contributed by atoms with Crippen molar-refractivity contribution in [3.63, 3.8) is 0 Å². The molecule has 0 aromatic rings. The van der Waals surface area contributed by atoms with Crippen LogP contribution in [-0.2, 0) is 4.79 Å². The number of nitrogens with one attached hydrogen (secondary N) is 2. The van der Waals surface area contributed by atoms with Gasteiger partial charge in [-0.3, -0.25) is 9.79 Å². The molecule has 1 atom stereocenters. The molecule has 0 bridgehead atoms. The Morgan fingerprint density at radius 1 is 1.20 bits per heavy atom. The number of amides is 1. The van der Waals surface area contributed by atoms with Gasteiger partial charge >= 0.3 is 0 Å². The van der Waals surface area contributed by atoms with Crippen LogP contribution in [0.3, 0.4) is 0 Å². The minimum Gasteiger partial charge on any atom is -0.357 e. The summed E-state index contributed by atoms with van der Waals surface area (Å²) in [7, 11) is 0. The quantitative estimate of drug-likeness (QED) is 0.402. The zero-order valence-corrected chi connectivity index (χ0v) is 16.5. The average Bonchev–Trinajstić information content (AvgIpc) is 3.25. The molecule has 1 amide bonds. The van der Waals surface area contributed by atoms with Crippen LogP contribution >= 0.6 is 0 Å².